The molecule has 0 aliphatic heterocycles. The lowest BCUT2D eigenvalue weighted by Gasteiger charge is -2.06. The van der Waals surface area contributed by atoms with Crippen LogP contribution in [-0.4, -0.2) is 16.8 Å². The fourth-order valence-electron chi connectivity index (χ4n) is 2.47. The first-order valence-electron chi connectivity index (χ1n) is 6.38. The Bertz CT molecular complexity index is 800. The van der Waals surface area contributed by atoms with Gasteiger partial charge < -0.3 is 0 Å². The van der Waals surface area contributed by atoms with Crippen molar-refractivity contribution < 1.29 is 9.59 Å². The molecular weight excluding hydrogens is 250 g/mol. The first-order chi connectivity index (χ1) is 9.70. The number of rotatable bonds is 2. The monoisotopic (exact) mass is 263 g/mol. The van der Waals surface area contributed by atoms with Gasteiger partial charge in [0.1, 0.15) is 6.29 Å². The summed E-state index contributed by atoms with van der Waals surface area (Å²) in [6.45, 7) is 1.54. The molecule has 0 N–H and O–H groups in total. The second-order valence-electron chi connectivity index (χ2n) is 4.69. The highest BCUT2D eigenvalue weighted by molar-refractivity contribution is 5.99. The molecule has 0 saturated carbocycles. The maximum Gasteiger partial charge on any atom is 0.228 e. The van der Waals surface area contributed by atoms with E-state index >= 15 is 0 Å². The molecule has 0 spiro atoms. The number of fused-ring (bicyclic) bond motifs is 1. The Morgan fingerprint density at radius 3 is 2.45 bits per heavy atom. The van der Waals surface area contributed by atoms with Crippen molar-refractivity contribution in [2.45, 2.75) is 6.92 Å². The second kappa shape index (κ2) is 4.78. The van der Waals surface area contributed by atoms with Gasteiger partial charge in [-0.3, -0.25) is 14.2 Å². The van der Waals surface area contributed by atoms with E-state index in [0.717, 1.165) is 28.4 Å². The summed E-state index contributed by atoms with van der Waals surface area (Å²) in [7, 11) is 0. The number of hydrogen-bond acceptors (Lipinski definition) is 2. The van der Waals surface area contributed by atoms with Gasteiger partial charge in [0, 0.05) is 17.9 Å². The van der Waals surface area contributed by atoms with E-state index in [-0.39, 0.29) is 5.91 Å². The molecular formula is C17H13NO2. The summed E-state index contributed by atoms with van der Waals surface area (Å²) in [5, 5.41) is 0.892. The molecule has 0 atom stereocenters. The average Bonchev–Trinajstić information content (AvgIpc) is 2.86. The first kappa shape index (κ1) is 12.4. The Morgan fingerprint density at radius 2 is 1.80 bits per heavy atom. The lowest BCUT2D eigenvalue weighted by molar-refractivity contribution is 0.0943. The number of aldehydes is 1. The zero-order valence-corrected chi connectivity index (χ0v) is 11.0. The van der Waals surface area contributed by atoms with Gasteiger partial charge in [-0.05, 0) is 29.8 Å². The molecule has 0 bridgehead atoms. The predicted octanol–water partition coefficient (Wildman–Crippen LogP) is 3.78. The summed E-state index contributed by atoms with van der Waals surface area (Å²) >= 11 is 0. The van der Waals surface area contributed by atoms with E-state index in [1.807, 2.05) is 42.5 Å². The maximum absolute atomic E-state index is 12.0. The number of benzene rings is 2. The van der Waals surface area contributed by atoms with E-state index in [2.05, 4.69) is 0 Å². The van der Waals surface area contributed by atoms with Gasteiger partial charge in [-0.2, -0.15) is 0 Å². The van der Waals surface area contributed by atoms with Crippen LogP contribution in [0.15, 0.2) is 54.6 Å². The highest BCUT2D eigenvalue weighted by Crippen LogP contribution is 2.28. The molecule has 20 heavy (non-hydrogen) atoms. The van der Waals surface area contributed by atoms with Crippen LogP contribution in [-0.2, 0) is 0 Å². The highest BCUT2D eigenvalue weighted by Gasteiger charge is 2.13. The summed E-state index contributed by atoms with van der Waals surface area (Å²) in [6.07, 6.45) is 0.812. The molecule has 1 heterocycles. The Kier molecular flexibility index (Phi) is 2.95. The van der Waals surface area contributed by atoms with Gasteiger partial charge in [0.2, 0.25) is 5.91 Å². The summed E-state index contributed by atoms with van der Waals surface area (Å²) in [5.74, 6) is -0.0438. The Morgan fingerprint density at radius 1 is 1.05 bits per heavy atom. The lowest BCUT2D eigenvalue weighted by atomic mass is 10.1. The SMILES string of the molecule is CC(=O)n1c(-c2ccccc2)cc2cc(C=O)ccc21. The summed E-state index contributed by atoms with van der Waals surface area (Å²) in [5.41, 5.74) is 3.25. The maximum atomic E-state index is 12.0. The van der Waals surface area contributed by atoms with Gasteiger partial charge in [0.25, 0.3) is 0 Å². The molecule has 98 valence electrons. The van der Waals surface area contributed by atoms with Gasteiger partial charge in [0.05, 0.1) is 11.2 Å². The summed E-state index contributed by atoms with van der Waals surface area (Å²) in [4.78, 5) is 22.8. The number of nitrogens with zero attached hydrogens (tertiary/aromatic N) is 1. The molecule has 0 radical (unpaired) electrons. The van der Waals surface area contributed by atoms with Crippen molar-refractivity contribution in [2.75, 3.05) is 0 Å². The molecule has 0 unspecified atom stereocenters. The fraction of sp³-hybridized carbons (Fsp3) is 0.0588. The molecule has 3 nitrogen and oxygen atoms in total. The molecule has 0 aliphatic rings. The third-order valence-electron chi connectivity index (χ3n) is 3.35. The van der Waals surface area contributed by atoms with Crippen molar-refractivity contribution in [2.24, 2.45) is 0 Å². The van der Waals surface area contributed by atoms with Crippen molar-refractivity contribution in [3.05, 3.63) is 60.2 Å². The van der Waals surface area contributed by atoms with Crippen LogP contribution in [0, 0.1) is 0 Å². The quantitative estimate of drug-likeness (QED) is 0.660. The number of carbonyl (C=O) groups excluding carboxylic acids is 2. The highest BCUT2D eigenvalue weighted by atomic mass is 16.1. The molecule has 3 heteroatoms. The van der Waals surface area contributed by atoms with Gasteiger partial charge in [0.15, 0.2) is 0 Å². The Hall–Kier alpha value is -2.68. The molecule has 0 amide bonds. The lowest BCUT2D eigenvalue weighted by Crippen LogP contribution is -2.06. The number of carbonyl (C=O) groups is 2. The Labute approximate surface area is 116 Å². The van der Waals surface area contributed by atoms with Crippen molar-refractivity contribution in [3.63, 3.8) is 0 Å². The van der Waals surface area contributed by atoms with E-state index in [1.165, 1.54) is 0 Å². The van der Waals surface area contributed by atoms with Crippen molar-refractivity contribution in [3.8, 4) is 11.3 Å². The third-order valence-corrected chi connectivity index (χ3v) is 3.35. The van der Waals surface area contributed by atoms with E-state index in [1.54, 1.807) is 23.6 Å². The summed E-state index contributed by atoms with van der Waals surface area (Å²) < 4.78 is 1.68. The van der Waals surface area contributed by atoms with E-state index in [4.69, 9.17) is 0 Å². The largest absolute Gasteiger partial charge is 0.298 e. The average molecular weight is 263 g/mol. The molecule has 3 rings (SSSR count). The van der Waals surface area contributed by atoms with Crippen LogP contribution in [0.3, 0.4) is 0 Å². The molecule has 0 saturated heterocycles. The standard InChI is InChI=1S/C17H13NO2/c1-12(20)18-16-8-7-13(11-19)9-15(16)10-17(18)14-5-3-2-4-6-14/h2-11H,1H3. The van der Waals surface area contributed by atoms with Crippen molar-refractivity contribution in [1.82, 2.24) is 4.57 Å². The van der Waals surface area contributed by atoms with Gasteiger partial charge in [-0.25, -0.2) is 0 Å². The molecule has 1 aromatic heterocycles. The third kappa shape index (κ3) is 1.93. The van der Waals surface area contributed by atoms with E-state index in [0.29, 0.717) is 5.56 Å². The van der Waals surface area contributed by atoms with Crippen LogP contribution >= 0.6 is 0 Å². The summed E-state index contributed by atoms with van der Waals surface area (Å²) in [6, 6.07) is 17.0. The normalized spacial score (nSPS) is 10.7. The molecule has 2 aromatic carbocycles. The van der Waals surface area contributed by atoms with Gasteiger partial charge >= 0.3 is 0 Å². The minimum Gasteiger partial charge on any atom is -0.298 e. The van der Waals surface area contributed by atoms with Gasteiger partial charge in [-0.1, -0.05) is 30.3 Å². The predicted molar refractivity (Wildman–Crippen MR) is 79.1 cm³/mol. The van der Waals surface area contributed by atoms with Crippen molar-refractivity contribution in [1.29, 1.82) is 0 Å². The minimum absolute atomic E-state index is 0.0438. The molecule has 0 fully saturated rings. The molecule has 3 aromatic rings. The van der Waals surface area contributed by atoms with Crippen LogP contribution < -0.4 is 0 Å². The number of hydrogen-bond donors (Lipinski definition) is 0. The van der Waals surface area contributed by atoms with Crippen LogP contribution in [0.5, 0.6) is 0 Å². The topological polar surface area (TPSA) is 39.1 Å². The fourth-order valence-corrected chi connectivity index (χ4v) is 2.47. The Balaban J connectivity index is 2.34. The minimum atomic E-state index is -0.0438. The van der Waals surface area contributed by atoms with Crippen LogP contribution in [0.2, 0.25) is 0 Å². The molecule has 0 aliphatic carbocycles. The van der Waals surface area contributed by atoms with E-state index < -0.39 is 0 Å². The zero-order valence-electron chi connectivity index (χ0n) is 11.0. The van der Waals surface area contributed by atoms with E-state index in [9.17, 15) is 9.59 Å². The number of aromatic nitrogens is 1. The van der Waals surface area contributed by atoms with Gasteiger partial charge in [-0.15, -0.1) is 0 Å². The smallest absolute Gasteiger partial charge is 0.228 e. The van der Waals surface area contributed by atoms with Crippen LogP contribution in [0.25, 0.3) is 22.2 Å². The van der Waals surface area contributed by atoms with Crippen LogP contribution in [0.4, 0.5) is 0 Å². The van der Waals surface area contributed by atoms with Crippen LogP contribution in [0.1, 0.15) is 22.1 Å². The first-order valence-corrected chi connectivity index (χ1v) is 6.38. The second-order valence-corrected chi connectivity index (χ2v) is 4.69. The van der Waals surface area contributed by atoms with Crippen molar-refractivity contribution >= 4 is 23.1 Å². The zero-order chi connectivity index (χ0) is 14.1.